The van der Waals surface area contributed by atoms with Crippen LogP contribution in [-0.4, -0.2) is 46.8 Å². The summed E-state index contributed by atoms with van der Waals surface area (Å²) in [5.41, 5.74) is 0.664. The standard InChI is InChI=1S/C24H20F4N4OS/c1-30-23-18(21(29-30)17-7-2-3-8-19(17)25)14-20(34-23)22(33)32-11-9-31(10-12-32)16-6-4-5-15(13-16)24(26,27)28/h2-8,13-14H,9-12H2,1H3. The number of alkyl halides is 3. The fourth-order valence-electron chi connectivity index (χ4n) is 4.20. The zero-order valence-corrected chi connectivity index (χ0v) is 19.0. The number of aryl methyl sites for hydroxylation is 1. The molecule has 1 fully saturated rings. The number of piperazine rings is 1. The van der Waals surface area contributed by atoms with Crippen LogP contribution in [-0.2, 0) is 13.2 Å². The summed E-state index contributed by atoms with van der Waals surface area (Å²) in [6.07, 6.45) is -4.40. The minimum Gasteiger partial charge on any atom is -0.368 e. The number of fused-ring (bicyclic) bond motifs is 1. The number of carbonyl (C=O) groups excluding carboxylic acids is 1. The predicted molar refractivity (Wildman–Crippen MR) is 124 cm³/mol. The first-order valence-electron chi connectivity index (χ1n) is 10.7. The van der Waals surface area contributed by atoms with E-state index in [1.54, 1.807) is 47.0 Å². The van der Waals surface area contributed by atoms with Gasteiger partial charge in [-0.1, -0.05) is 18.2 Å². The molecule has 3 heterocycles. The molecule has 2 aromatic carbocycles. The van der Waals surface area contributed by atoms with Crippen molar-refractivity contribution in [2.24, 2.45) is 7.05 Å². The number of hydrogen-bond acceptors (Lipinski definition) is 4. The van der Waals surface area contributed by atoms with Gasteiger partial charge in [-0.25, -0.2) is 4.39 Å². The molecule has 1 aliphatic rings. The van der Waals surface area contributed by atoms with E-state index in [9.17, 15) is 22.4 Å². The Hall–Kier alpha value is -3.40. The van der Waals surface area contributed by atoms with Crippen LogP contribution >= 0.6 is 11.3 Å². The summed E-state index contributed by atoms with van der Waals surface area (Å²) in [5.74, 6) is -0.531. The first-order valence-corrected chi connectivity index (χ1v) is 11.5. The molecule has 1 saturated heterocycles. The second-order valence-corrected chi connectivity index (χ2v) is 9.14. The molecular formula is C24H20F4N4OS. The van der Waals surface area contributed by atoms with E-state index in [-0.39, 0.29) is 11.7 Å². The van der Waals surface area contributed by atoms with E-state index in [0.717, 1.165) is 17.0 Å². The summed E-state index contributed by atoms with van der Waals surface area (Å²) >= 11 is 1.30. The second kappa shape index (κ2) is 8.43. The fourth-order valence-corrected chi connectivity index (χ4v) is 5.24. The van der Waals surface area contributed by atoms with Gasteiger partial charge in [-0.15, -0.1) is 11.3 Å². The average molecular weight is 489 g/mol. The van der Waals surface area contributed by atoms with Crippen LogP contribution in [0.1, 0.15) is 15.2 Å². The Balaban J connectivity index is 1.34. The van der Waals surface area contributed by atoms with Gasteiger partial charge in [0.05, 0.1) is 10.4 Å². The lowest BCUT2D eigenvalue weighted by atomic mass is 10.1. The SMILES string of the molecule is Cn1nc(-c2ccccc2F)c2cc(C(=O)N3CCN(c4cccc(C(F)(F)F)c4)CC3)sc21. The van der Waals surface area contributed by atoms with Gasteiger partial charge in [-0.2, -0.15) is 18.3 Å². The van der Waals surface area contributed by atoms with Gasteiger partial charge >= 0.3 is 6.18 Å². The number of carbonyl (C=O) groups is 1. The van der Waals surface area contributed by atoms with Crippen LogP contribution in [0, 0.1) is 5.82 Å². The number of amides is 1. The highest BCUT2D eigenvalue weighted by molar-refractivity contribution is 7.20. The molecule has 0 radical (unpaired) electrons. The second-order valence-electron chi connectivity index (χ2n) is 8.11. The van der Waals surface area contributed by atoms with Crippen molar-refractivity contribution in [3.63, 3.8) is 0 Å². The number of anilines is 1. The Morgan fingerprint density at radius 2 is 1.74 bits per heavy atom. The Morgan fingerprint density at radius 3 is 2.44 bits per heavy atom. The monoisotopic (exact) mass is 488 g/mol. The van der Waals surface area contributed by atoms with Crippen molar-refractivity contribution < 1.29 is 22.4 Å². The zero-order valence-electron chi connectivity index (χ0n) is 18.1. The average Bonchev–Trinajstić information content (AvgIpc) is 3.39. The third-order valence-electron chi connectivity index (χ3n) is 5.96. The van der Waals surface area contributed by atoms with Crippen molar-refractivity contribution in [2.75, 3.05) is 31.1 Å². The molecule has 4 aromatic rings. The van der Waals surface area contributed by atoms with Crippen LogP contribution in [0.15, 0.2) is 54.6 Å². The maximum absolute atomic E-state index is 14.3. The van der Waals surface area contributed by atoms with Crippen LogP contribution in [0.3, 0.4) is 0 Å². The molecule has 176 valence electrons. The van der Waals surface area contributed by atoms with E-state index < -0.39 is 11.7 Å². The minimum atomic E-state index is -4.40. The minimum absolute atomic E-state index is 0.149. The molecule has 0 saturated carbocycles. The number of aromatic nitrogens is 2. The quantitative estimate of drug-likeness (QED) is 0.362. The summed E-state index contributed by atoms with van der Waals surface area (Å²) in [7, 11) is 1.76. The molecule has 5 nitrogen and oxygen atoms in total. The predicted octanol–water partition coefficient (Wildman–Crippen LogP) is 5.42. The molecular weight excluding hydrogens is 468 g/mol. The molecule has 0 N–H and O–H groups in total. The van der Waals surface area contributed by atoms with E-state index in [0.29, 0.717) is 53.4 Å². The molecule has 34 heavy (non-hydrogen) atoms. The van der Waals surface area contributed by atoms with Gasteiger partial charge in [-0.05, 0) is 36.4 Å². The smallest absolute Gasteiger partial charge is 0.368 e. The first-order chi connectivity index (χ1) is 16.2. The Bertz CT molecular complexity index is 1370. The molecule has 10 heteroatoms. The highest BCUT2D eigenvalue weighted by atomic mass is 32.1. The van der Waals surface area contributed by atoms with Crippen molar-refractivity contribution >= 4 is 33.1 Å². The van der Waals surface area contributed by atoms with Crippen LogP contribution < -0.4 is 4.90 Å². The molecule has 0 atom stereocenters. The third kappa shape index (κ3) is 4.02. The first kappa shape index (κ1) is 22.4. The van der Waals surface area contributed by atoms with Gasteiger partial charge in [0, 0.05) is 49.9 Å². The third-order valence-corrected chi connectivity index (χ3v) is 7.15. The van der Waals surface area contributed by atoms with Gasteiger partial charge in [0.25, 0.3) is 5.91 Å². The maximum atomic E-state index is 14.3. The Morgan fingerprint density at radius 1 is 1.00 bits per heavy atom. The molecule has 0 spiro atoms. The normalized spacial score (nSPS) is 14.7. The van der Waals surface area contributed by atoms with Crippen LogP contribution in [0.2, 0.25) is 0 Å². The summed E-state index contributed by atoms with van der Waals surface area (Å²) in [6, 6.07) is 13.4. The van der Waals surface area contributed by atoms with E-state index in [1.165, 1.54) is 23.5 Å². The van der Waals surface area contributed by atoms with E-state index in [2.05, 4.69) is 5.10 Å². The number of halogens is 4. The highest BCUT2D eigenvalue weighted by Crippen LogP contribution is 2.36. The topological polar surface area (TPSA) is 41.4 Å². The summed E-state index contributed by atoms with van der Waals surface area (Å²) < 4.78 is 55.1. The van der Waals surface area contributed by atoms with Crippen LogP contribution in [0.25, 0.3) is 21.5 Å². The number of benzene rings is 2. The van der Waals surface area contributed by atoms with E-state index in [4.69, 9.17) is 0 Å². The summed E-state index contributed by atoms with van der Waals surface area (Å²) in [5, 5.41) is 5.15. The molecule has 5 rings (SSSR count). The maximum Gasteiger partial charge on any atom is 0.416 e. The number of nitrogens with zero attached hydrogens (tertiary/aromatic N) is 4. The highest BCUT2D eigenvalue weighted by Gasteiger charge is 2.31. The zero-order chi connectivity index (χ0) is 24.0. The molecule has 0 bridgehead atoms. The van der Waals surface area contributed by atoms with Crippen molar-refractivity contribution in [3.05, 3.63) is 70.9 Å². The lowest BCUT2D eigenvalue weighted by Crippen LogP contribution is -2.48. The van der Waals surface area contributed by atoms with Gasteiger partial charge in [0.1, 0.15) is 16.3 Å². The lowest BCUT2D eigenvalue weighted by molar-refractivity contribution is -0.137. The Kier molecular flexibility index (Phi) is 5.55. The molecule has 0 unspecified atom stereocenters. The van der Waals surface area contributed by atoms with Crippen LogP contribution in [0.4, 0.5) is 23.2 Å². The molecule has 0 aliphatic carbocycles. The van der Waals surface area contributed by atoms with Gasteiger partial charge in [-0.3, -0.25) is 9.48 Å². The van der Waals surface area contributed by atoms with E-state index in [1.807, 2.05) is 4.90 Å². The van der Waals surface area contributed by atoms with Crippen LogP contribution in [0.5, 0.6) is 0 Å². The molecule has 1 amide bonds. The van der Waals surface area contributed by atoms with Gasteiger partial charge < -0.3 is 9.80 Å². The van der Waals surface area contributed by atoms with Crippen molar-refractivity contribution in [2.45, 2.75) is 6.18 Å². The number of hydrogen-bond donors (Lipinski definition) is 0. The molecule has 1 aliphatic heterocycles. The molecule has 2 aromatic heterocycles. The van der Waals surface area contributed by atoms with Gasteiger partial charge in [0.2, 0.25) is 0 Å². The lowest BCUT2D eigenvalue weighted by Gasteiger charge is -2.36. The van der Waals surface area contributed by atoms with Crippen molar-refractivity contribution in [1.29, 1.82) is 0 Å². The number of thiophene rings is 1. The number of rotatable bonds is 3. The van der Waals surface area contributed by atoms with Gasteiger partial charge in [0.15, 0.2) is 0 Å². The van der Waals surface area contributed by atoms with Crippen molar-refractivity contribution in [1.82, 2.24) is 14.7 Å². The van der Waals surface area contributed by atoms with Crippen molar-refractivity contribution in [3.8, 4) is 11.3 Å². The fraction of sp³-hybridized carbons (Fsp3) is 0.250. The van der Waals surface area contributed by atoms with E-state index >= 15 is 0 Å². The summed E-state index contributed by atoms with van der Waals surface area (Å²) in [4.78, 5) is 18.0. The summed E-state index contributed by atoms with van der Waals surface area (Å²) in [6.45, 7) is 1.64. The largest absolute Gasteiger partial charge is 0.416 e. The Labute approximate surface area is 196 Å².